The molecule has 1 N–H and O–H groups in total. The summed E-state index contributed by atoms with van der Waals surface area (Å²) in [5.74, 6) is 0.905. The minimum atomic E-state index is -0.398. The van der Waals surface area contributed by atoms with Gasteiger partial charge in [0.2, 0.25) is 0 Å². The largest absolute Gasteiger partial charge is 0.507 e. The summed E-state index contributed by atoms with van der Waals surface area (Å²) in [4.78, 5) is 14.8. The number of phenols is 1. The third-order valence-electron chi connectivity index (χ3n) is 5.99. The molecular formula is C21H27NO4. The van der Waals surface area contributed by atoms with Crippen LogP contribution in [0.5, 0.6) is 11.5 Å². The molecule has 26 heavy (non-hydrogen) atoms. The number of nitrogens with zero attached hydrogens (tertiary/aromatic N) is 1. The van der Waals surface area contributed by atoms with Crippen LogP contribution in [0.4, 0.5) is 0 Å². The van der Waals surface area contributed by atoms with Gasteiger partial charge in [-0.05, 0) is 13.3 Å². The Bertz CT molecular complexity index is 790. The van der Waals surface area contributed by atoms with E-state index in [2.05, 4.69) is 30.9 Å². The molecule has 1 fully saturated rings. The number of phenolic OH excluding ortho intramolecular Hbond substituents is 1. The summed E-state index contributed by atoms with van der Waals surface area (Å²) < 4.78 is 12.0. The van der Waals surface area contributed by atoms with E-state index in [0.717, 1.165) is 42.0 Å². The molecule has 2 heterocycles. The number of rotatable bonds is 2. The highest BCUT2D eigenvalue weighted by Crippen LogP contribution is 2.54. The lowest BCUT2D eigenvalue weighted by Crippen LogP contribution is -2.52. The highest BCUT2D eigenvalue weighted by molar-refractivity contribution is 6.00. The highest BCUT2D eigenvalue weighted by Gasteiger charge is 2.50. The Balaban J connectivity index is 1.92. The molecule has 0 saturated carbocycles. The zero-order valence-electron chi connectivity index (χ0n) is 16.0. The highest BCUT2D eigenvalue weighted by atomic mass is 16.5. The van der Waals surface area contributed by atoms with E-state index in [1.54, 1.807) is 0 Å². The van der Waals surface area contributed by atoms with Crippen LogP contribution in [0.2, 0.25) is 0 Å². The van der Waals surface area contributed by atoms with Gasteiger partial charge in [-0.15, -0.1) is 0 Å². The van der Waals surface area contributed by atoms with E-state index in [4.69, 9.17) is 9.47 Å². The molecule has 0 amide bonds. The van der Waals surface area contributed by atoms with E-state index in [0.29, 0.717) is 18.8 Å². The van der Waals surface area contributed by atoms with E-state index >= 15 is 0 Å². The first-order valence-corrected chi connectivity index (χ1v) is 9.42. The van der Waals surface area contributed by atoms with E-state index < -0.39 is 5.41 Å². The van der Waals surface area contributed by atoms with Crippen LogP contribution in [0.15, 0.2) is 12.2 Å². The van der Waals surface area contributed by atoms with Crippen LogP contribution in [0.3, 0.4) is 0 Å². The van der Waals surface area contributed by atoms with Gasteiger partial charge in [0.25, 0.3) is 0 Å². The lowest BCUT2D eigenvalue weighted by molar-refractivity contribution is -0.0615. The first kappa shape index (κ1) is 17.6. The second kappa shape index (κ2) is 6.10. The van der Waals surface area contributed by atoms with Gasteiger partial charge in [-0.25, -0.2) is 0 Å². The van der Waals surface area contributed by atoms with Gasteiger partial charge in [-0.1, -0.05) is 32.9 Å². The van der Waals surface area contributed by atoms with E-state index in [-0.39, 0.29) is 23.7 Å². The number of hydrogen-bond donors (Lipinski definition) is 1. The number of carbonyl (C=O) groups excluding carboxylic acids is 1. The van der Waals surface area contributed by atoms with Crippen molar-refractivity contribution < 1.29 is 19.4 Å². The topological polar surface area (TPSA) is 59.0 Å². The fourth-order valence-corrected chi connectivity index (χ4v) is 4.78. The van der Waals surface area contributed by atoms with Crippen molar-refractivity contribution >= 4 is 5.78 Å². The number of morpholine rings is 1. The van der Waals surface area contributed by atoms with Crippen LogP contribution in [0.1, 0.15) is 60.7 Å². The zero-order valence-corrected chi connectivity index (χ0v) is 16.0. The van der Waals surface area contributed by atoms with Crippen molar-refractivity contribution in [2.45, 2.75) is 51.7 Å². The number of allylic oxidation sites excluding steroid dienone is 2. The summed E-state index contributed by atoms with van der Waals surface area (Å²) in [6.45, 7) is 10.8. The molecule has 0 spiro atoms. The molecule has 1 aromatic carbocycles. The number of ether oxygens (including phenoxy) is 2. The van der Waals surface area contributed by atoms with Gasteiger partial charge in [0.15, 0.2) is 12.0 Å². The van der Waals surface area contributed by atoms with Gasteiger partial charge in [0, 0.05) is 41.1 Å². The molecule has 3 aliphatic rings. The normalized spacial score (nSPS) is 26.9. The maximum Gasteiger partial charge on any atom is 0.163 e. The maximum absolute atomic E-state index is 12.5. The van der Waals surface area contributed by atoms with Crippen molar-refractivity contribution in [1.82, 2.24) is 4.90 Å². The fourth-order valence-electron chi connectivity index (χ4n) is 4.78. The Labute approximate surface area is 154 Å². The third kappa shape index (κ3) is 2.41. The Morgan fingerprint density at radius 1 is 1.31 bits per heavy atom. The average molecular weight is 357 g/mol. The first-order valence-electron chi connectivity index (χ1n) is 9.42. The molecule has 2 atom stereocenters. The average Bonchev–Trinajstić information content (AvgIpc) is 2.87. The summed E-state index contributed by atoms with van der Waals surface area (Å²) in [5, 5.41) is 11.0. The molecule has 0 aromatic heterocycles. The van der Waals surface area contributed by atoms with Gasteiger partial charge in [0.05, 0.1) is 18.8 Å². The second-order valence-corrected chi connectivity index (χ2v) is 8.14. The number of ketones is 1. The Kier molecular flexibility index (Phi) is 4.12. The molecule has 1 saturated heterocycles. The van der Waals surface area contributed by atoms with Crippen LogP contribution in [0.25, 0.3) is 0 Å². The molecule has 140 valence electrons. The standard InChI is InChI=1S/C21H27NO4/c1-12-6-5-7-14-15(12)18(24)16(13(2)23)17-19(14)26-20(21(17,3)4)22-8-10-25-11-9-22/h5-6,12,20,24H,7-11H2,1-4H3. The molecule has 0 bridgehead atoms. The van der Waals surface area contributed by atoms with E-state index in [1.165, 1.54) is 6.92 Å². The lowest BCUT2D eigenvalue weighted by atomic mass is 9.75. The monoisotopic (exact) mass is 357 g/mol. The molecule has 1 aliphatic carbocycles. The summed E-state index contributed by atoms with van der Waals surface area (Å²) >= 11 is 0. The summed E-state index contributed by atoms with van der Waals surface area (Å²) in [6.07, 6.45) is 4.77. The summed E-state index contributed by atoms with van der Waals surface area (Å²) in [7, 11) is 0. The molecule has 5 nitrogen and oxygen atoms in total. The van der Waals surface area contributed by atoms with Crippen molar-refractivity contribution in [3.05, 3.63) is 34.4 Å². The fraction of sp³-hybridized carbons (Fsp3) is 0.571. The Morgan fingerprint density at radius 3 is 2.65 bits per heavy atom. The molecule has 4 rings (SSSR count). The first-order chi connectivity index (χ1) is 12.3. The number of aromatic hydroxyl groups is 1. The van der Waals surface area contributed by atoms with Gasteiger partial charge in [0.1, 0.15) is 11.5 Å². The van der Waals surface area contributed by atoms with Crippen molar-refractivity contribution in [1.29, 1.82) is 0 Å². The zero-order chi connectivity index (χ0) is 18.6. The molecule has 0 radical (unpaired) electrons. The Hall–Kier alpha value is -1.85. The summed E-state index contributed by atoms with van der Waals surface area (Å²) in [6, 6.07) is 0. The van der Waals surface area contributed by atoms with Crippen LogP contribution in [-0.4, -0.2) is 48.3 Å². The van der Waals surface area contributed by atoms with Crippen molar-refractivity contribution in [2.75, 3.05) is 26.3 Å². The molecule has 2 aliphatic heterocycles. The number of carbonyl (C=O) groups is 1. The molecular weight excluding hydrogens is 330 g/mol. The van der Waals surface area contributed by atoms with E-state index in [1.807, 2.05) is 6.92 Å². The number of benzene rings is 1. The number of fused-ring (bicyclic) bond motifs is 3. The van der Waals surface area contributed by atoms with Crippen LogP contribution in [-0.2, 0) is 16.6 Å². The Morgan fingerprint density at radius 2 is 2.00 bits per heavy atom. The summed E-state index contributed by atoms with van der Waals surface area (Å²) in [5.41, 5.74) is 2.77. The maximum atomic E-state index is 12.5. The van der Waals surface area contributed by atoms with Gasteiger partial charge >= 0.3 is 0 Å². The third-order valence-corrected chi connectivity index (χ3v) is 5.99. The molecule has 2 unspecified atom stereocenters. The van der Waals surface area contributed by atoms with Crippen LogP contribution >= 0.6 is 0 Å². The van der Waals surface area contributed by atoms with Crippen molar-refractivity contribution in [3.8, 4) is 11.5 Å². The van der Waals surface area contributed by atoms with Crippen molar-refractivity contribution in [2.24, 2.45) is 0 Å². The SMILES string of the molecule is CC(=O)c1c(O)c2c(c3c1C(C)(C)C(N1CCOCC1)O3)CC=CC2C. The van der Waals surface area contributed by atoms with Crippen LogP contribution in [0, 0.1) is 0 Å². The van der Waals surface area contributed by atoms with Gasteiger partial charge < -0.3 is 14.6 Å². The number of hydrogen-bond acceptors (Lipinski definition) is 5. The minimum absolute atomic E-state index is 0.0660. The number of Topliss-reactive ketones (excluding diaryl/α,β-unsaturated/α-hetero) is 1. The van der Waals surface area contributed by atoms with E-state index in [9.17, 15) is 9.90 Å². The second-order valence-electron chi connectivity index (χ2n) is 8.14. The van der Waals surface area contributed by atoms with Gasteiger partial charge in [-0.2, -0.15) is 0 Å². The predicted molar refractivity (Wildman–Crippen MR) is 99.2 cm³/mol. The molecule has 1 aromatic rings. The smallest absolute Gasteiger partial charge is 0.163 e. The quantitative estimate of drug-likeness (QED) is 0.651. The lowest BCUT2D eigenvalue weighted by Gasteiger charge is -2.38. The van der Waals surface area contributed by atoms with Crippen molar-refractivity contribution in [3.63, 3.8) is 0 Å². The molecule has 5 heteroatoms. The minimum Gasteiger partial charge on any atom is -0.507 e. The van der Waals surface area contributed by atoms with Gasteiger partial charge in [-0.3, -0.25) is 9.69 Å². The predicted octanol–water partition coefficient (Wildman–Crippen LogP) is 3.14. The van der Waals surface area contributed by atoms with Crippen LogP contribution < -0.4 is 4.74 Å².